The summed E-state index contributed by atoms with van der Waals surface area (Å²) in [5, 5.41) is 12.0. The highest BCUT2D eigenvalue weighted by Crippen LogP contribution is 2.32. The van der Waals surface area contributed by atoms with Gasteiger partial charge in [-0.2, -0.15) is 5.10 Å². The van der Waals surface area contributed by atoms with Crippen LogP contribution in [0.5, 0.6) is 0 Å². The fourth-order valence-electron chi connectivity index (χ4n) is 2.28. The number of aromatic nitrogens is 2. The van der Waals surface area contributed by atoms with Crippen molar-refractivity contribution in [1.82, 2.24) is 10.2 Å². The predicted octanol–water partition coefficient (Wildman–Crippen LogP) is 3.43. The third-order valence-electron chi connectivity index (χ3n) is 2.91. The maximum Gasteiger partial charge on any atom is 0.156 e. The van der Waals surface area contributed by atoms with E-state index in [1.165, 1.54) is 16.5 Å². The average molecular weight is 217 g/mol. The summed E-state index contributed by atoms with van der Waals surface area (Å²) in [5.41, 5.74) is 3.84. The highest BCUT2D eigenvalue weighted by atomic mass is 15.2. The van der Waals surface area contributed by atoms with Gasteiger partial charge in [-0.05, 0) is 37.0 Å². The number of aryl methyl sites for hydroxylation is 1. The standard InChI is InChI=1S/C13H19N3/c1-5-14-13-12-10(15-16-13)7-6-9(4)11(12)8(2)3/h6-8H,5H2,1-4H3,(H2,14,15,16). The second kappa shape index (κ2) is 4.16. The molecule has 2 N–H and O–H groups in total. The molecule has 1 aromatic carbocycles. The number of aromatic amines is 1. The van der Waals surface area contributed by atoms with E-state index in [-0.39, 0.29) is 0 Å². The van der Waals surface area contributed by atoms with Crippen LogP contribution in [0.25, 0.3) is 10.9 Å². The Morgan fingerprint density at radius 2 is 2.12 bits per heavy atom. The van der Waals surface area contributed by atoms with Crippen LogP contribution in [-0.2, 0) is 0 Å². The number of benzene rings is 1. The molecule has 0 bridgehead atoms. The summed E-state index contributed by atoms with van der Waals surface area (Å²) in [5.74, 6) is 1.49. The molecule has 0 spiro atoms. The molecule has 0 fully saturated rings. The largest absolute Gasteiger partial charge is 0.368 e. The van der Waals surface area contributed by atoms with Gasteiger partial charge in [0.05, 0.1) is 5.52 Å². The lowest BCUT2D eigenvalue weighted by Crippen LogP contribution is -2.00. The fourth-order valence-corrected chi connectivity index (χ4v) is 2.28. The molecule has 0 aliphatic rings. The molecule has 2 aromatic rings. The van der Waals surface area contributed by atoms with Gasteiger partial charge in [-0.1, -0.05) is 19.9 Å². The second-order valence-corrected chi connectivity index (χ2v) is 4.48. The summed E-state index contributed by atoms with van der Waals surface area (Å²) in [6.45, 7) is 9.60. The quantitative estimate of drug-likeness (QED) is 0.827. The number of anilines is 1. The normalized spacial score (nSPS) is 11.3. The molecule has 3 heteroatoms. The zero-order valence-electron chi connectivity index (χ0n) is 10.4. The molecule has 2 rings (SSSR count). The fraction of sp³-hybridized carbons (Fsp3) is 0.462. The van der Waals surface area contributed by atoms with Crippen LogP contribution in [0.3, 0.4) is 0 Å². The lowest BCUT2D eigenvalue weighted by Gasteiger charge is -2.12. The van der Waals surface area contributed by atoms with Gasteiger partial charge in [0.25, 0.3) is 0 Å². The number of hydrogen-bond donors (Lipinski definition) is 2. The number of rotatable bonds is 3. The van der Waals surface area contributed by atoms with Gasteiger partial charge in [-0.3, -0.25) is 5.10 Å². The Bertz CT molecular complexity index is 497. The molecule has 0 saturated carbocycles. The van der Waals surface area contributed by atoms with E-state index in [2.05, 4.69) is 55.3 Å². The number of nitrogens with zero attached hydrogens (tertiary/aromatic N) is 1. The monoisotopic (exact) mass is 217 g/mol. The van der Waals surface area contributed by atoms with Crippen molar-refractivity contribution >= 4 is 16.7 Å². The van der Waals surface area contributed by atoms with Crippen LogP contribution in [0.2, 0.25) is 0 Å². The first kappa shape index (κ1) is 11.0. The van der Waals surface area contributed by atoms with E-state index in [9.17, 15) is 0 Å². The minimum Gasteiger partial charge on any atom is -0.368 e. The molecular weight excluding hydrogens is 198 g/mol. The lowest BCUT2D eigenvalue weighted by atomic mass is 9.94. The molecule has 0 saturated heterocycles. The van der Waals surface area contributed by atoms with Gasteiger partial charge < -0.3 is 5.32 Å². The summed E-state index contributed by atoms with van der Waals surface area (Å²) in [6.07, 6.45) is 0. The van der Waals surface area contributed by atoms with Crippen LogP contribution in [0, 0.1) is 6.92 Å². The third-order valence-corrected chi connectivity index (χ3v) is 2.91. The summed E-state index contributed by atoms with van der Waals surface area (Å²) < 4.78 is 0. The summed E-state index contributed by atoms with van der Waals surface area (Å²) in [4.78, 5) is 0. The van der Waals surface area contributed by atoms with E-state index in [1.54, 1.807) is 0 Å². The van der Waals surface area contributed by atoms with Crippen LogP contribution in [0.15, 0.2) is 12.1 Å². The van der Waals surface area contributed by atoms with Gasteiger partial charge in [-0.25, -0.2) is 0 Å². The number of nitrogens with one attached hydrogen (secondary N) is 2. The van der Waals surface area contributed by atoms with Gasteiger partial charge >= 0.3 is 0 Å². The minimum absolute atomic E-state index is 0.513. The van der Waals surface area contributed by atoms with Crippen molar-refractivity contribution in [3.05, 3.63) is 23.3 Å². The first-order valence-electron chi connectivity index (χ1n) is 5.86. The Morgan fingerprint density at radius 1 is 1.38 bits per heavy atom. The molecule has 0 aliphatic carbocycles. The van der Waals surface area contributed by atoms with E-state index in [4.69, 9.17) is 0 Å². The van der Waals surface area contributed by atoms with Gasteiger partial charge in [0.1, 0.15) is 0 Å². The SMILES string of the molecule is CCNc1n[nH]c2ccc(C)c(C(C)C)c12. The van der Waals surface area contributed by atoms with Crippen LogP contribution >= 0.6 is 0 Å². The number of fused-ring (bicyclic) bond motifs is 1. The molecule has 86 valence electrons. The summed E-state index contributed by atoms with van der Waals surface area (Å²) in [6, 6.07) is 4.26. The van der Waals surface area contributed by atoms with Crippen molar-refractivity contribution in [3.63, 3.8) is 0 Å². The number of H-pyrrole nitrogens is 1. The van der Waals surface area contributed by atoms with Gasteiger partial charge in [-0.15, -0.1) is 0 Å². The van der Waals surface area contributed by atoms with Crippen molar-refractivity contribution in [3.8, 4) is 0 Å². The van der Waals surface area contributed by atoms with E-state index >= 15 is 0 Å². The summed E-state index contributed by atoms with van der Waals surface area (Å²) in [7, 11) is 0. The van der Waals surface area contributed by atoms with Crippen molar-refractivity contribution in [1.29, 1.82) is 0 Å². The zero-order valence-corrected chi connectivity index (χ0v) is 10.4. The molecule has 16 heavy (non-hydrogen) atoms. The van der Waals surface area contributed by atoms with Crippen molar-refractivity contribution in [2.24, 2.45) is 0 Å². The van der Waals surface area contributed by atoms with E-state index in [0.717, 1.165) is 17.9 Å². The van der Waals surface area contributed by atoms with E-state index < -0.39 is 0 Å². The molecular formula is C13H19N3. The van der Waals surface area contributed by atoms with Crippen LogP contribution in [0.1, 0.15) is 37.8 Å². The summed E-state index contributed by atoms with van der Waals surface area (Å²) >= 11 is 0. The van der Waals surface area contributed by atoms with Crippen molar-refractivity contribution in [2.75, 3.05) is 11.9 Å². The Morgan fingerprint density at radius 3 is 2.75 bits per heavy atom. The molecule has 0 radical (unpaired) electrons. The number of hydrogen-bond acceptors (Lipinski definition) is 2. The van der Waals surface area contributed by atoms with Gasteiger partial charge in [0.2, 0.25) is 0 Å². The van der Waals surface area contributed by atoms with E-state index in [0.29, 0.717) is 5.92 Å². The minimum atomic E-state index is 0.513. The smallest absolute Gasteiger partial charge is 0.156 e. The lowest BCUT2D eigenvalue weighted by molar-refractivity contribution is 0.867. The molecule has 1 heterocycles. The van der Waals surface area contributed by atoms with Crippen LogP contribution in [0.4, 0.5) is 5.82 Å². The second-order valence-electron chi connectivity index (χ2n) is 4.48. The third kappa shape index (κ3) is 1.66. The zero-order chi connectivity index (χ0) is 11.7. The maximum atomic E-state index is 4.33. The Labute approximate surface area is 96.2 Å². The van der Waals surface area contributed by atoms with Crippen LogP contribution in [-0.4, -0.2) is 16.7 Å². The van der Waals surface area contributed by atoms with Crippen molar-refractivity contribution in [2.45, 2.75) is 33.6 Å². The maximum absolute atomic E-state index is 4.33. The first-order chi connectivity index (χ1) is 7.65. The topological polar surface area (TPSA) is 40.7 Å². The molecule has 0 atom stereocenters. The molecule has 0 aliphatic heterocycles. The van der Waals surface area contributed by atoms with Crippen molar-refractivity contribution < 1.29 is 0 Å². The molecule has 1 aromatic heterocycles. The first-order valence-corrected chi connectivity index (χ1v) is 5.86. The van der Waals surface area contributed by atoms with Gasteiger partial charge in [0, 0.05) is 11.9 Å². The van der Waals surface area contributed by atoms with Gasteiger partial charge in [0.15, 0.2) is 5.82 Å². The molecule has 0 amide bonds. The Kier molecular flexibility index (Phi) is 2.86. The molecule has 3 nitrogen and oxygen atoms in total. The molecule has 0 unspecified atom stereocenters. The Hall–Kier alpha value is -1.51. The highest BCUT2D eigenvalue weighted by Gasteiger charge is 2.14. The highest BCUT2D eigenvalue weighted by molar-refractivity contribution is 5.94. The van der Waals surface area contributed by atoms with E-state index in [1.807, 2.05) is 0 Å². The Balaban J connectivity index is 2.72. The van der Waals surface area contributed by atoms with Crippen LogP contribution < -0.4 is 5.32 Å². The predicted molar refractivity (Wildman–Crippen MR) is 69.1 cm³/mol. The average Bonchev–Trinajstić information content (AvgIpc) is 2.61.